The van der Waals surface area contributed by atoms with Gasteiger partial charge in [-0.25, -0.2) is 0 Å². The van der Waals surface area contributed by atoms with Gasteiger partial charge in [-0.15, -0.1) is 0 Å². The van der Waals surface area contributed by atoms with Crippen LogP contribution in [0.5, 0.6) is 0 Å². The van der Waals surface area contributed by atoms with Crippen LogP contribution < -0.4 is 0 Å². The molecule has 0 fully saturated rings. The average Bonchev–Trinajstić information content (AvgIpc) is 0.918. The Morgan fingerprint density at radius 1 is 1.00 bits per heavy atom. The van der Waals surface area contributed by atoms with Crippen molar-refractivity contribution < 1.29 is 15.9 Å². The Hall–Kier alpha value is 1.24. The van der Waals surface area contributed by atoms with E-state index in [4.69, 9.17) is 19.1 Å². The Balaban J connectivity index is -0.0000000200. The predicted octanol–water partition coefficient (Wildman–Crippen LogP) is 2.28. The van der Waals surface area contributed by atoms with Crippen molar-refractivity contribution in [3.8, 4) is 0 Å². The fourth-order valence-electron chi connectivity index (χ4n) is 0. The van der Waals surface area contributed by atoms with Crippen LogP contribution in [0.4, 0.5) is 0 Å². The van der Waals surface area contributed by atoms with Crippen LogP contribution in [0, 0.1) is 14.9 Å². The van der Waals surface area contributed by atoms with Gasteiger partial charge in [0.15, 0.2) is 0 Å². The molecule has 0 bridgehead atoms. The Bertz CT molecular complexity index is 7.61. The van der Waals surface area contributed by atoms with E-state index in [1.54, 1.807) is 0 Å². The van der Waals surface area contributed by atoms with Gasteiger partial charge in [0.2, 0.25) is 0 Å². The van der Waals surface area contributed by atoms with Crippen molar-refractivity contribution in [2.24, 2.45) is 0 Å². The summed E-state index contributed by atoms with van der Waals surface area (Å²) < 4.78 is 0. The van der Waals surface area contributed by atoms with E-state index in [9.17, 15) is 0 Å². The fraction of sp³-hybridized carbons (Fsp3) is 0. The van der Waals surface area contributed by atoms with E-state index >= 15 is 0 Å². The second-order valence-electron chi connectivity index (χ2n) is 0.0452. The molecule has 0 atom stereocenters. The predicted molar refractivity (Wildman–Crippen MR) is 24.5 cm³/mol. The second kappa shape index (κ2) is 18.8. The standard InChI is InChI=1S/2CH3.2ClH.Pd/h2*1H3;2*1H;/q2*-1;;;+2/p-2. The molecule has 0 saturated heterocycles. The molecular formula is C2H6Cl2Pd-2. The molecule has 40 valence electrons. The molecule has 0 aliphatic heterocycles. The molecule has 3 heteroatoms. The van der Waals surface area contributed by atoms with Gasteiger partial charge in [0.1, 0.15) is 0 Å². The topological polar surface area (TPSA) is 0 Å². The van der Waals surface area contributed by atoms with Crippen LogP contribution in [0.1, 0.15) is 0 Å². The molecule has 0 N–H and O–H groups in total. The molecule has 0 saturated carbocycles. The van der Waals surface area contributed by atoms with Gasteiger partial charge in [-0.05, 0) is 0 Å². The van der Waals surface area contributed by atoms with Gasteiger partial charge in [-0.2, -0.15) is 0 Å². The molecule has 0 radical (unpaired) electrons. The first-order chi connectivity index (χ1) is 1.41. The van der Waals surface area contributed by atoms with E-state index in [1.807, 2.05) is 0 Å². The summed E-state index contributed by atoms with van der Waals surface area (Å²) in [6.45, 7) is 0. The van der Waals surface area contributed by atoms with Gasteiger partial charge in [-0.3, -0.25) is 0 Å². The molecule has 0 aliphatic carbocycles. The number of hydrogen-bond donors (Lipinski definition) is 0. The van der Waals surface area contributed by atoms with Crippen LogP contribution in [0.25, 0.3) is 0 Å². The molecule has 0 amide bonds. The molecular weight excluding hydrogens is 201 g/mol. The summed E-state index contributed by atoms with van der Waals surface area (Å²) in [5.41, 5.74) is 0. The zero-order chi connectivity index (χ0) is 2.71. The first-order valence-electron chi connectivity index (χ1n) is 0.239. The quantitative estimate of drug-likeness (QED) is 0.422. The molecule has 0 aromatic heterocycles. The third kappa shape index (κ3) is 35.7. The van der Waals surface area contributed by atoms with Crippen molar-refractivity contribution in [3.05, 3.63) is 14.9 Å². The maximum absolute atomic E-state index is 4.81. The van der Waals surface area contributed by atoms with Gasteiger partial charge in [0.05, 0.1) is 0 Å². The molecule has 0 heterocycles. The van der Waals surface area contributed by atoms with Gasteiger partial charge < -0.3 is 14.9 Å². The summed E-state index contributed by atoms with van der Waals surface area (Å²) in [7, 11) is 9.63. The zero-order valence-electron chi connectivity index (χ0n) is 3.07. The van der Waals surface area contributed by atoms with Crippen LogP contribution in [0.15, 0.2) is 0 Å². The molecule has 0 rings (SSSR count). The Labute approximate surface area is 50.0 Å². The fourth-order valence-corrected chi connectivity index (χ4v) is 0. The molecule has 5 heavy (non-hydrogen) atoms. The summed E-state index contributed by atoms with van der Waals surface area (Å²) in [6, 6.07) is 0. The number of halogens is 2. The summed E-state index contributed by atoms with van der Waals surface area (Å²) in [5.74, 6) is 0. The first kappa shape index (κ1) is 16.3. The second-order valence-corrected chi connectivity index (χ2v) is 2.41. The molecule has 0 unspecified atom stereocenters. The summed E-state index contributed by atoms with van der Waals surface area (Å²) in [6.07, 6.45) is 0. The van der Waals surface area contributed by atoms with Crippen molar-refractivity contribution in [2.75, 3.05) is 0 Å². The van der Waals surface area contributed by atoms with Gasteiger partial charge in [-0.1, -0.05) is 0 Å². The van der Waals surface area contributed by atoms with Crippen LogP contribution in [0.3, 0.4) is 0 Å². The minimum atomic E-state index is -0.106. The van der Waals surface area contributed by atoms with Crippen LogP contribution >= 0.6 is 19.1 Å². The average molecular weight is 207 g/mol. The summed E-state index contributed by atoms with van der Waals surface area (Å²) in [5, 5.41) is 0. The summed E-state index contributed by atoms with van der Waals surface area (Å²) in [4.78, 5) is 0. The minimum absolute atomic E-state index is 0. The monoisotopic (exact) mass is 206 g/mol. The van der Waals surface area contributed by atoms with Crippen molar-refractivity contribution in [1.82, 2.24) is 0 Å². The Kier molecular flexibility index (Phi) is 61.2. The van der Waals surface area contributed by atoms with Gasteiger partial charge in [0, 0.05) is 0 Å². The maximum atomic E-state index is 4.81. The normalized spacial score (nSPS) is 4.40. The van der Waals surface area contributed by atoms with E-state index in [0.717, 1.165) is 0 Å². The Morgan fingerprint density at radius 2 is 1.00 bits per heavy atom. The van der Waals surface area contributed by atoms with E-state index in [1.165, 1.54) is 0 Å². The number of rotatable bonds is 0. The molecule has 0 aliphatic rings. The Morgan fingerprint density at radius 3 is 1.00 bits per heavy atom. The van der Waals surface area contributed by atoms with Crippen molar-refractivity contribution in [3.63, 3.8) is 0 Å². The third-order valence-electron chi connectivity index (χ3n) is 0. The van der Waals surface area contributed by atoms with E-state index in [-0.39, 0.29) is 30.8 Å². The molecule has 0 nitrogen and oxygen atoms in total. The first-order valence-corrected chi connectivity index (χ1v) is 4.24. The molecule has 0 aromatic carbocycles. The van der Waals surface area contributed by atoms with Crippen LogP contribution in [0.2, 0.25) is 0 Å². The number of hydrogen-bond acceptors (Lipinski definition) is 0. The van der Waals surface area contributed by atoms with Crippen molar-refractivity contribution >= 4 is 19.1 Å². The van der Waals surface area contributed by atoms with Gasteiger partial charge in [0.25, 0.3) is 0 Å². The van der Waals surface area contributed by atoms with Crippen LogP contribution in [-0.2, 0) is 15.9 Å². The molecule has 0 aromatic rings. The van der Waals surface area contributed by atoms with Gasteiger partial charge >= 0.3 is 35.0 Å². The van der Waals surface area contributed by atoms with E-state index in [2.05, 4.69) is 0 Å². The third-order valence-corrected chi connectivity index (χ3v) is 0. The van der Waals surface area contributed by atoms with Crippen LogP contribution in [-0.4, -0.2) is 0 Å². The van der Waals surface area contributed by atoms with Crippen molar-refractivity contribution in [1.29, 1.82) is 0 Å². The van der Waals surface area contributed by atoms with Crippen molar-refractivity contribution in [2.45, 2.75) is 0 Å². The molecule has 0 spiro atoms. The van der Waals surface area contributed by atoms with E-state index in [0.29, 0.717) is 0 Å². The van der Waals surface area contributed by atoms with E-state index < -0.39 is 0 Å². The SMILES string of the molecule is [CH3-].[CH3-].[Cl][Pd][Cl]. The summed E-state index contributed by atoms with van der Waals surface area (Å²) >= 11 is -0.106. The zero-order valence-corrected chi connectivity index (χ0v) is 6.14.